The zero-order chi connectivity index (χ0) is 9.14. The summed E-state index contributed by atoms with van der Waals surface area (Å²) in [5.41, 5.74) is 0. The number of carbonyl (C=O) groups excluding carboxylic acids is 1. The summed E-state index contributed by atoms with van der Waals surface area (Å²) in [6, 6.07) is 0. The number of carbonyl (C=O) groups is 1. The number of thiol groups is 1. The first kappa shape index (κ1) is 9.19. The third kappa shape index (κ3) is 1.64. The van der Waals surface area contributed by atoms with Crippen LogP contribution in [0.25, 0.3) is 0 Å². The second kappa shape index (κ2) is 3.67. The van der Waals surface area contributed by atoms with E-state index in [0.717, 1.165) is 0 Å². The first-order chi connectivity index (χ1) is 5.66. The molecule has 2 N–H and O–H groups in total. The summed E-state index contributed by atoms with van der Waals surface area (Å²) >= 11 is 3.95. The average Bonchev–Trinajstić information content (AvgIpc) is 2.06. The van der Waals surface area contributed by atoms with Crippen molar-refractivity contribution < 1.29 is 15.0 Å². The van der Waals surface area contributed by atoms with E-state index in [4.69, 9.17) is 5.11 Å². The van der Waals surface area contributed by atoms with Crippen LogP contribution < -0.4 is 0 Å². The lowest BCUT2D eigenvalue weighted by Crippen LogP contribution is -2.19. The van der Waals surface area contributed by atoms with Gasteiger partial charge in [0.15, 0.2) is 11.5 Å². The summed E-state index contributed by atoms with van der Waals surface area (Å²) in [5.74, 6) is -0.744. The number of ketones is 1. The van der Waals surface area contributed by atoms with Crippen LogP contribution in [0.2, 0.25) is 0 Å². The molecule has 0 aliphatic heterocycles. The van der Waals surface area contributed by atoms with E-state index in [1.54, 1.807) is 0 Å². The Balaban J connectivity index is 2.85. The molecule has 0 saturated carbocycles. The van der Waals surface area contributed by atoms with Gasteiger partial charge in [-0.3, -0.25) is 4.79 Å². The van der Waals surface area contributed by atoms with E-state index in [-0.39, 0.29) is 17.3 Å². The molecule has 0 fully saturated rings. The Morgan fingerprint density at radius 1 is 1.42 bits per heavy atom. The average molecular weight is 186 g/mol. The van der Waals surface area contributed by atoms with Crippen LogP contribution >= 0.6 is 12.6 Å². The highest BCUT2D eigenvalue weighted by atomic mass is 32.1. The molecule has 4 heteroatoms. The number of hydrogen-bond acceptors (Lipinski definition) is 4. The molecule has 3 nitrogen and oxygen atoms in total. The maximum Gasteiger partial charge on any atom is 0.166 e. The third-order valence-electron chi connectivity index (χ3n) is 1.76. The second-order valence-electron chi connectivity index (χ2n) is 2.57. The number of aliphatic hydroxyl groups is 2. The minimum atomic E-state index is -0.604. The lowest BCUT2D eigenvalue weighted by atomic mass is 9.94. The van der Waals surface area contributed by atoms with Gasteiger partial charge in [0.05, 0.1) is 5.92 Å². The van der Waals surface area contributed by atoms with E-state index in [1.165, 1.54) is 12.2 Å². The zero-order valence-corrected chi connectivity index (χ0v) is 7.29. The Morgan fingerprint density at radius 2 is 2.08 bits per heavy atom. The smallest absolute Gasteiger partial charge is 0.166 e. The molecule has 0 heterocycles. The quantitative estimate of drug-likeness (QED) is 0.571. The van der Waals surface area contributed by atoms with E-state index in [9.17, 15) is 9.90 Å². The van der Waals surface area contributed by atoms with Gasteiger partial charge >= 0.3 is 0 Å². The highest BCUT2D eigenvalue weighted by Crippen LogP contribution is 2.22. The molecule has 0 aromatic rings. The van der Waals surface area contributed by atoms with E-state index in [1.807, 2.05) is 0 Å². The molecule has 0 aromatic carbocycles. The second-order valence-corrected chi connectivity index (χ2v) is 3.02. The minimum Gasteiger partial charge on any atom is -0.508 e. The van der Waals surface area contributed by atoms with Gasteiger partial charge in [0.1, 0.15) is 5.76 Å². The molecule has 1 aliphatic carbocycles. The summed E-state index contributed by atoms with van der Waals surface area (Å²) in [6.07, 6.45) is 2.91. The fourth-order valence-electron chi connectivity index (χ4n) is 1.08. The molecule has 0 amide bonds. The molecule has 1 rings (SSSR count). The Bertz CT molecular complexity index is 255. The Labute approximate surface area is 75.8 Å². The Morgan fingerprint density at radius 3 is 2.67 bits per heavy atom. The van der Waals surface area contributed by atoms with Crippen molar-refractivity contribution in [2.45, 2.75) is 6.42 Å². The van der Waals surface area contributed by atoms with Crippen LogP contribution in [0.15, 0.2) is 23.7 Å². The number of rotatable bonds is 2. The minimum absolute atomic E-state index is 0.181. The molecule has 0 bridgehead atoms. The topological polar surface area (TPSA) is 57.5 Å². The van der Waals surface area contributed by atoms with Gasteiger partial charge in [0.2, 0.25) is 0 Å². The molecule has 1 atom stereocenters. The zero-order valence-electron chi connectivity index (χ0n) is 6.40. The Kier molecular flexibility index (Phi) is 2.81. The van der Waals surface area contributed by atoms with Gasteiger partial charge in [0, 0.05) is 0 Å². The van der Waals surface area contributed by atoms with E-state index in [0.29, 0.717) is 12.2 Å². The Hall–Kier alpha value is -0.900. The van der Waals surface area contributed by atoms with Crippen LogP contribution in [-0.4, -0.2) is 21.7 Å². The standard InChI is InChI=1S/C8H10O3S/c9-6-1-2-7(10)8(11)5(6)3-4-12/h1-2,5,10-12H,3-4H2. The maximum atomic E-state index is 11.1. The molecule has 0 spiro atoms. The normalized spacial score (nSPS) is 23.4. The van der Waals surface area contributed by atoms with Gasteiger partial charge in [0.25, 0.3) is 0 Å². The molecule has 66 valence electrons. The summed E-state index contributed by atoms with van der Waals surface area (Å²) in [7, 11) is 0. The molecule has 0 saturated heterocycles. The van der Waals surface area contributed by atoms with E-state index < -0.39 is 5.92 Å². The van der Waals surface area contributed by atoms with Gasteiger partial charge in [-0.1, -0.05) is 0 Å². The van der Waals surface area contributed by atoms with Crippen molar-refractivity contribution in [3.05, 3.63) is 23.7 Å². The largest absolute Gasteiger partial charge is 0.508 e. The fraction of sp³-hybridized carbons (Fsp3) is 0.375. The lowest BCUT2D eigenvalue weighted by Gasteiger charge is -2.15. The van der Waals surface area contributed by atoms with Crippen molar-refractivity contribution in [2.24, 2.45) is 5.92 Å². The highest BCUT2D eigenvalue weighted by molar-refractivity contribution is 7.80. The fourth-order valence-corrected chi connectivity index (χ4v) is 1.34. The third-order valence-corrected chi connectivity index (χ3v) is 2.02. The van der Waals surface area contributed by atoms with Crippen LogP contribution in [0, 0.1) is 5.92 Å². The van der Waals surface area contributed by atoms with Crippen LogP contribution in [0.4, 0.5) is 0 Å². The maximum absolute atomic E-state index is 11.1. The summed E-state index contributed by atoms with van der Waals surface area (Å²) in [6.45, 7) is 0. The molecule has 0 aromatic heterocycles. The van der Waals surface area contributed by atoms with Gasteiger partial charge in [-0.05, 0) is 24.3 Å². The van der Waals surface area contributed by atoms with Gasteiger partial charge in [-0.25, -0.2) is 0 Å². The predicted octanol–water partition coefficient (Wildman–Crippen LogP) is 1.39. The lowest BCUT2D eigenvalue weighted by molar-refractivity contribution is -0.118. The van der Waals surface area contributed by atoms with Crippen molar-refractivity contribution >= 4 is 18.4 Å². The summed E-state index contributed by atoms with van der Waals surface area (Å²) in [5, 5.41) is 18.3. The number of hydrogen-bond donors (Lipinski definition) is 3. The van der Waals surface area contributed by atoms with E-state index >= 15 is 0 Å². The molecule has 0 radical (unpaired) electrons. The van der Waals surface area contributed by atoms with Crippen molar-refractivity contribution in [3.63, 3.8) is 0 Å². The molecular formula is C8H10O3S. The van der Waals surface area contributed by atoms with E-state index in [2.05, 4.69) is 12.6 Å². The first-order valence-electron chi connectivity index (χ1n) is 3.61. The van der Waals surface area contributed by atoms with Crippen molar-refractivity contribution in [1.82, 2.24) is 0 Å². The number of aliphatic hydroxyl groups excluding tert-OH is 2. The van der Waals surface area contributed by atoms with Crippen LogP contribution in [-0.2, 0) is 4.79 Å². The van der Waals surface area contributed by atoms with Gasteiger partial charge in [-0.2, -0.15) is 12.6 Å². The monoisotopic (exact) mass is 186 g/mol. The molecule has 12 heavy (non-hydrogen) atoms. The van der Waals surface area contributed by atoms with Crippen LogP contribution in [0.3, 0.4) is 0 Å². The van der Waals surface area contributed by atoms with Crippen LogP contribution in [0.5, 0.6) is 0 Å². The van der Waals surface area contributed by atoms with Crippen molar-refractivity contribution in [2.75, 3.05) is 5.75 Å². The highest BCUT2D eigenvalue weighted by Gasteiger charge is 2.25. The first-order valence-corrected chi connectivity index (χ1v) is 4.25. The van der Waals surface area contributed by atoms with Crippen molar-refractivity contribution in [1.29, 1.82) is 0 Å². The van der Waals surface area contributed by atoms with Crippen LogP contribution in [0.1, 0.15) is 6.42 Å². The molecular weight excluding hydrogens is 176 g/mol. The SMILES string of the molecule is O=C1C=CC(O)=C(O)C1CCS. The molecule has 1 aliphatic rings. The predicted molar refractivity (Wildman–Crippen MR) is 48.4 cm³/mol. The number of allylic oxidation sites excluding steroid dienone is 3. The summed E-state index contributed by atoms with van der Waals surface area (Å²) in [4.78, 5) is 11.1. The van der Waals surface area contributed by atoms with Crippen molar-refractivity contribution in [3.8, 4) is 0 Å². The van der Waals surface area contributed by atoms with Gasteiger partial charge in [-0.15, -0.1) is 0 Å². The molecule has 1 unspecified atom stereocenters. The van der Waals surface area contributed by atoms with Gasteiger partial charge < -0.3 is 10.2 Å². The summed E-state index contributed by atoms with van der Waals surface area (Å²) < 4.78 is 0.